The molecule has 16 heteroatoms. The lowest BCUT2D eigenvalue weighted by Crippen LogP contribution is -2.54. The predicted molar refractivity (Wildman–Crippen MR) is 241 cm³/mol. The van der Waals surface area contributed by atoms with E-state index >= 15 is 0 Å². The molecule has 1 unspecified atom stereocenters. The summed E-state index contributed by atoms with van der Waals surface area (Å²) in [5.41, 5.74) is 9.19. The zero-order chi connectivity index (χ0) is 44.8. The van der Waals surface area contributed by atoms with E-state index in [-0.39, 0.29) is 30.4 Å². The molecule has 1 aliphatic carbocycles. The molecule has 5 aliphatic heterocycles. The van der Waals surface area contributed by atoms with Gasteiger partial charge in [0, 0.05) is 75.9 Å². The number of piperazine rings is 1. The molecule has 6 heterocycles. The first kappa shape index (κ1) is 42.4. The molecule has 65 heavy (non-hydrogen) atoms. The highest BCUT2D eigenvalue weighted by Gasteiger charge is 2.45. The van der Waals surface area contributed by atoms with E-state index in [1.807, 2.05) is 65.3 Å². The zero-order valence-electron chi connectivity index (χ0n) is 36.5. The quantitative estimate of drug-likeness (QED) is 0.177. The number of carbonyl (C=O) groups is 6. The molecule has 4 fully saturated rings. The summed E-state index contributed by atoms with van der Waals surface area (Å²) in [4.78, 5) is 85.2. The van der Waals surface area contributed by atoms with Crippen molar-refractivity contribution in [2.45, 2.75) is 82.3 Å². The molecule has 0 bridgehead atoms. The van der Waals surface area contributed by atoms with E-state index in [4.69, 9.17) is 15.6 Å². The van der Waals surface area contributed by atoms with Crippen LogP contribution in [-0.4, -0.2) is 118 Å². The number of benzene rings is 3. The Bertz CT molecular complexity index is 2500. The van der Waals surface area contributed by atoms with Crippen molar-refractivity contribution in [2.24, 2.45) is 17.6 Å². The Hall–Kier alpha value is -6.55. The summed E-state index contributed by atoms with van der Waals surface area (Å²) in [5, 5.41) is 10.7. The maximum atomic E-state index is 13.7. The molecule has 4 N–H and O–H groups in total. The Morgan fingerprint density at radius 1 is 0.754 bits per heavy atom. The molecule has 4 aromatic rings. The molecule has 2 atom stereocenters. The van der Waals surface area contributed by atoms with Gasteiger partial charge in [-0.15, -0.1) is 0 Å². The van der Waals surface area contributed by atoms with Gasteiger partial charge in [-0.05, 0) is 118 Å². The number of anilines is 2. The van der Waals surface area contributed by atoms with Crippen molar-refractivity contribution >= 4 is 46.9 Å². The number of para-hydroxylation sites is 1. The van der Waals surface area contributed by atoms with Crippen molar-refractivity contribution < 1.29 is 33.5 Å². The second-order valence-corrected chi connectivity index (χ2v) is 18.4. The van der Waals surface area contributed by atoms with Gasteiger partial charge in [0.05, 0.1) is 17.2 Å². The number of ether oxygens (including phenoxy) is 1. The number of aromatic nitrogens is 2. The number of hydrogen-bond donors (Lipinski definition) is 3. The molecule has 6 amide bonds. The minimum absolute atomic E-state index is 0.0863. The minimum Gasteiger partial charge on any atom is -0.457 e. The lowest BCUT2D eigenvalue weighted by atomic mass is 9.82. The van der Waals surface area contributed by atoms with Crippen molar-refractivity contribution in [3.8, 4) is 22.8 Å². The zero-order valence-corrected chi connectivity index (χ0v) is 36.5. The number of fused-ring (bicyclic) bond motifs is 2. The van der Waals surface area contributed by atoms with Crippen molar-refractivity contribution in [1.29, 1.82) is 0 Å². The summed E-state index contributed by atoms with van der Waals surface area (Å²) in [6, 6.07) is 22.0. The van der Waals surface area contributed by atoms with Gasteiger partial charge in [-0.2, -0.15) is 5.10 Å². The third-order valence-corrected chi connectivity index (χ3v) is 14.6. The van der Waals surface area contributed by atoms with Gasteiger partial charge in [-0.3, -0.25) is 43.9 Å². The van der Waals surface area contributed by atoms with Crippen molar-refractivity contribution in [3.63, 3.8) is 0 Å². The lowest BCUT2D eigenvalue weighted by molar-refractivity contribution is -0.136. The Morgan fingerprint density at radius 3 is 2.17 bits per heavy atom. The topological polar surface area (TPSA) is 193 Å². The second kappa shape index (κ2) is 17.8. The average molecular weight is 882 g/mol. The number of imide groups is 2. The van der Waals surface area contributed by atoms with E-state index in [1.165, 1.54) is 0 Å². The van der Waals surface area contributed by atoms with Crippen LogP contribution >= 0.6 is 0 Å². The van der Waals surface area contributed by atoms with E-state index in [9.17, 15) is 28.8 Å². The Balaban J connectivity index is 0.689. The third-order valence-electron chi connectivity index (χ3n) is 14.6. The van der Waals surface area contributed by atoms with Crippen LogP contribution in [-0.2, 0) is 14.4 Å². The number of rotatable bonds is 10. The van der Waals surface area contributed by atoms with Crippen LogP contribution in [0.15, 0.2) is 72.8 Å². The van der Waals surface area contributed by atoms with E-state index in [0.717, 1.165) is 106 Å². The summed E-state index contributed by atoms with van der Waals surface area (Å²) in [5.74, 6) is 0.519. The first-order valence-electron chi connectivity index (χ1n) is 23.2. The molecule has 3 saturated heterocycles. The normalized spacial score (nSPS) is 24.0. The van der Waals surface area contributed by atoms with Gasteiger partial charge in [0.2, 0.25) is 17.7 Å². The van der Waals surface area contributed by atoms with Gasteiger partial charge in [0.15, 0.2) is 0 Å². The first-order chi connectivity index (χ1) is 31.6. The van der Waals surface area contributed by atoms with E-state index in [0.29, 0.717) is 59.2 Å². The summed E-state index contributed by atoms with van der Waals surface area (Å²) in [6.07, 6.45) is 7.62. The molecule has 6 aliphatic rings. The average Bonchev–Trinajstić information content (AvgIpc) is 3.84. The smallest absolute Gasteiger partial charge is 0.262 e. The minimum atomic E-state index is -0.981. The SMILES string of the molecule is NC(=O)c1c(-c2ccc(Oc3ccccc3)cc2)nn2c1NCC[C@H]2C1CCN(C(=O)CC2CCC(N3CCN(c4ccc5c(c4)C(=O)N(C4CCC(=O)NC4=O)C5=O)CC3)CC2)CC1. The fraction of sp³-hybridized carbons (Fsp3) is 0.449. The number of piperidine rings is 2. The highest BCUT2D eigenvalue weighted by atomic mass is 16.5. The molecule has 3 aromatic carbocycles. The lowest BCUT2D eigenvalue weighted by Gasteiger charge is -2.43. The van der Waals surface area contributed by atoms with Crippen molar-refractivity contribution in [3.05, 3.63) is 89.5 Å². The summed E-state index contributed by atoms with van der Waals surface area (Å²) >= 11 is 0. The van der Waals surface area contributed by atoms with Gasteiger partial charge < -0.3 is 25.6 Å². The van der Waals surface area contributed by atoms with Gasteiger partial charge in [0.25, 0.3) is 17.7 Å². The molecule has 0 radical (unpaired) electrons. The Kier molecular flexibility index (Phi) is 11.6. The van der Waals surface area contributed by atoms with Crippen LogP contribution in [0.5, 0.6) is 11.5 Å². The van der Waals surface area contributed by atoms with E-state index in [2.05, 4.69) is 25.3 Å². The van der Waals surface area contributed by atoms with Gasteiger partial charge >= 0.3 is 0 Å². The van der Waals surface area contributed by atoms with Crippen molar-refractivity contribution in [2.75, 3.05) is 56.0 Å². The maximum Gasteiger partial charge on any atom is 0.262 e. The maximum absolute atomic E-state index is 13.7. The van der Waals surface area contributed by atoms with Crippen LogP contribution in [0.2, 0.25) is 0 Å². The number of nitrogens with zero attached hydrogens (tertiary/aromatic N) is 6. The largest absolute Gasteiger partial charge is 0.457 e. The third kappa shape index (κ3) is 8.35. The molecular formula is C49H55N9O7. The fourth-order valence-corrected chi connectivity index (χ4v) is 11.1. The number of nitrogens with two attached hydrogens (primary N) is 1. The highest BCUT2D eigenvalue weighted by molar-refractivity contribution is 6.23. The Labute approximate surface area is 377 Å². The van der Waals surface area contributed by atoms with E-state index < -0.39 is 35.6 Å². The summed E-state index contributed by atoms with van der Waals surface area (Å²) in [6.45, 7) is 5.50. The van der Waals surface area contributed by atoms with Gasteiger partial charge in [-0.1, -0.05) is 18.2 Å². The second-order valence-electron chi connectivity index (χ2n) is 18.4. The molecule has 0 spiro atoms. The van der Waals surface area contributed by atoms with Crippen LogP contribution in [0.25, 0.3) is 11.3 Å². The van der Waals surface area contributed by atoms with Crippen LogP contribution in [0.4, 0.5) is 11.5 Å². The highest BCUT2D eigenvalue weighted by Crippen LogP contribution is 2.41. The summed E-state index contributed by atoms with van der Waals surface area (Å²) in [7, 11) is 0. The Morgan fingerprint density at radius 2 is 1.46 bits per heavy atom. The molecule has 16 nitrogen and oxygen atoms in total. The van der Waals surface area contributed by atoms with Crippen LogP contribution in [0.1, 0.15) is 101 Å². The van der Waals surface area contributed by atoms with Crippen LogP contribution in [0.3, 0.4) is 0 Å². The van der Waals surface area contributed by atoms with Crippen LogP contribution in [0, 0.1) is 11.8 Å². The molecule has 1 aromatic heterocycles. The van der Waals surface area contributed by atoms with Crippen molar-refractivity contribution in [1.82, 2.24) is 29.8 Å². The number of amides is 6. The summed E-state index contributed by atoms with van der Waals surface area (Å²) < 4.78 is 7.96. The van der Waals surface area contributed by atoms with Gasteiger partial charge in [-0.25, -0.2) is 4.68 Å². The monoisotopic (exact) mass is 881 g/mol. The first-order valence-corrected chi connectivity index (χ1v) is 23.2. The van der Waals surface area contributed by atoms with Gasteiger partial charge in [0.1, 0.15) is 34.6 Å². The van der Waals surface area contributed by atoms with Crippen LogP contribution < -0.4 is 26.0 Å². The molecular weight excluding hydrogens is 827 g/mol. The molecule has 338 valence electrons. The number of hydrogen-bond acceptors (Lipinski definition) is 11. The molecule has 1 saturated carbocycles. The number of primary amides is 1. The number of nitrogens with one attached hydrogen (secondary N) is 2. The predicted octanol–water partition coefficient (Wildman–Crippen LogP) is 5.21. The molecule has 10 rings (SSSR count). The number of carbonyl (C=O) groups excluding carboxylic acids is 6. The standard InChI is InChI=1S/C49H55N9O7/c50-45(61)43-44(32-8-13-36(14-9-32)65-35-4-2-1-3-5-35)53-58-39(18-21-51-46(43)58)31-19-22-56(23-20-31)42(60)28-30-6-10-33(11-7-30)54-24-26-55(27-25-54)34-12-15-37-38(29-34)49(64)57(48(37)63)40-16-17-41(59)52-47(40)62/h1-5,8-9,12-15,29-31,33,39-40,51H,6-7,10-11,16-28H2,(H2,50,61)(H,52,59,62)/t30?,33?,39-,40?/m0/s1. The van der Waals surface area contributed by atoms with E-state index in [1.54, 1.807) is 12.1 Å². The number of likely N-dealkylation sites (tertiary alicyclic amines) is 1. The fourth-order valence-electron chi connectivity index (χ4n) is 11.1.